The normalized spacial score (nSPS) is 19.1. The molecule has 6 nitrogen and oxygen atoms in total. The summed E-state index contributed by atoms with van der Waals surface area (Å²) in [5.74, 6) is -1.20. The number of nitrogens with zero attached hydrogens (tertiary/aromatic N) is 2. The fraction of sp³-hybridized carbons (Fsp3) is 0.538. The Bertz CT molecular complexity index is 515. The Kier molecular flexibility index (Phi) is 4.82. The third kappa shape index (κ3) is 3.04. The molecule has 1 unspecified atom stereocenters. The second kappa shape index (κ2) is 6.41. The zero-order valence-electron chi connectivity index (χ0n) is 11.3. The lowest BCUT2D eigenvalue weighted by molar-refractivity contribution is -0.142. The number of carbonyl (C=O) groups is 2. The zero-order valence-corrected chi connectivity index (χ0v) is 12.9. The molecule has 20 heavy (non-hydrogen) atoms. The number of carbonyl (C=O) groups excluding carboxylic acids is 1. The van der Waals surface area contributed by atoms with Crippen molar-refractivity contribution < 1.29 is 14.7 Å². The van der Waals surface area contributed by atoms with Gasteiger partial charge in [0.15, 0.2) is 0 Å². The van der Waals surface area contributed by atoms with E-state index in [-0.39, 0.29) is 12.5 Å². The predicted molar refractivity (Wildman–Crippen MR) is 77.8 cm³/mol. The molecule has 1 fully saturated rings. The van der Waals surface area contributed by atoms with E-state index in [2.05, 4.69) is 21.2 Å². The Morgan fingerprint density at radius 2 is 2.30 bits per heavy atom. The van der Waals surface area contributed by atoms with Gasteiger partial charge in [0.1, 0.15) is 11.7 Å². The van der Waals surface area contributed by atoms with Gasteiger partial charge < -0.3 is 19.9 Å². The van der Waals surface area contributed by atoms with Crippen LogP contribution in [0, 0.1) is 0 Å². The molecule has 2 heterocycles. The van der Waals surface area contributed by atoms with Crippen LogP contribution in [0.3, 0.4) is 0 Å². The van der Waals surface area contributed by atoms with E-state index in [1.165, 1.54) is 4.90 Å². The number of carboxylic acid groups (broad SMARTS) is 1. The quantitative estimate of drug-likeness (QED) is 0.860. The van der Waals surface area contributed by atoms with Crippen molar-refractivity contribution in [2.75, 3.05) is 19.6 Å². The van der Waals surface area contributed by atoms with E-state index in [9.17, 15) is 14.7 Å². The number of nitrogens with one attached hydrogen (secondary N) is 1. The van der Waals surface area contributed by atoms with E-state index in [1.807, 2.05) is 17.7 Å². The number of hydrogen-bond acceptors (Lipinski definition) is 3. The van der Waals surface area contributed by atoms with Crippen LogP contribution in [0.2, 0.25) is 0 Å². The molecular weight excluding hydrogens is 326 g/mol. The lowest BCUT2D eigenvalue weighted by atomic mass is 10.1. The van der Waals surface area contributed by atoms with Crippen molar-refractivity contribution in [3.8, 4) is 0 Å². The van der Waals surface area contributed by atoms with Crippen LogP contribution < -0.4 is 5.32 Å². The topological polar surface area (TPSA) is 74.6 Å². The molecule has 1 aliphatic heterocycles. The first-order chi connectivity index (χ1) is 9.54. The summed E-state index contributed by atoms with van der Waals surface area (Å²) in [5, 5.41) is 12.2. The van der Waals surface area contributed by atoms with Crippen LogP contribution in [-0.4, -0.2) is 52.1 Å². The highest BCUT2D eigenvalue weighted by atomic mass is 79.9. The van der Waals surface area contributed by atoms with Gasteiger partial charge in [0, 0.05) is 36.8 Å². The summed E-state index contributed by atoms with van der Waals surface area (Å²) in [6, 6.07) is 0.943. The Hall–Kier alpha value is -1.34. The van der Waals surface area contributed by atoms with Crippen LogP contribution in [-0.2, 0) is 11.3 Å². The molecule has 0 spiro atoms. The van der Waals surface area contributed by atoms with Gasteiger partial charge in [-0.05, 0) is 28.4 Å². The van der Waals surface area contributed by atoms with Crippen molar-refractivity contribution in [2.45, 2.75) is 25.9 Å². The van der Waals surface area contributed by atoms with Crippen LogP contribution >= 0.6 is 15.9 Å². The van der Waals surface area contributed by atoms with Crippen LogP contribution in [0.5, 0.6) is 0 Å². The highest BCUT2D eigenvalue weighted by Gasteiger charge is 2.33. The Labute approximate surface area is 125 Å². The third-order valence-corrected chi connectivity index (χ3v) is 3.77. The van der Waals surface area contributed by atoms with Gasteiger partial charge in [-0.2, -0.15) is 0 Å². The second-order valence-electron chi connectivity index (χ2n) is 4.79. The lowest BCUT2D eigenvalue weighted by Gasteiger charge is -2.33. The van der Waals surface area contributed by atoms with E-state index in [1.54, 1.807) is 6.07 Å². The number of amides is 1. The molecule has 2 N–H and O–H groups in total. The number of rotatable bonds is 4. The van der Waals surface area contributed by atoms with Gasteiger partial charge >= 0.3 is 5.97 Å². The number of aromatic nitrogens is 1. The Morgan fingerprint density at radius 3 is 2.95 bits per heavy atom. The van der Waals surface area contributed by atoms with Crippen molar-refractivity contribution >= 4 is 27.8 Å². The number of piperazine rings is 1. The van der Waals surface area contributed by atoms with E-state index in [4.69, 9.17) is 0 Å². The first-order valence-corrected chi connectivity index (χ1v) is 7.44. The maximum Gasteiger partial charge on any atom is 0.327 e. The van der Waals surface area contributed by atoms with Gasteiger partial charge in [0.2, 0.25) is 0 Å². The van der Waals surface area contributed by atoms with Gasteiger partial charge in [-0.25, -0.2) is 4.79 Å². The fourth-order valence-electron chi connectivity index (χ4n) is 2.39. The van der Waals surface area contributed by atoms with E-state index >= 15 is 0 Å². The van der Waals surface area contributed by atoms with E-state index in [0.29, 0.717) is 18.8 Å². The van der Waals surface area contributed by atoms with Gasteiger partial charge in [0.05, 0.1) is 0 Å². The smallest absolute Gasteiger partial charge is 0.327 e. The van der Waals surface area contributed by atoms with Crippen molar-refractivity contribution in [1.29, 1.82) is 0 Å². The number of aryl methyl sites for hydroxylation is 1. The highest BCUT2D eigenvalue weighted by Crippen LogP contribution is 2.19. The summed E-state index contributed by atoms with van der Waals surface area (Å²) in [6.07, 6.45) is 2.76. The molecule has 1 amide bonds. The predicted octanol–water partition coefficient (Wildman–Crippen LogP) is 1.16. The van der Waals surface area contributed by atoms with Crippen molar-refractivity contribution in [3.05, 3.63) is 22.4 Å². The molecule has 0 bridgehead atoms. The first-order valence-electron chi connectivity index (χ1n) is 6.64. The van der Waals surface area contributed by atoms with Crippen LogP contribution in [0.1, 0.15) is 23.8 Å². The van der Waals surface area contributed by atoms with Gasteiger partial charge in [-0.3, -0.25) is 4.79 Å². The Balaban J connectivity index is 2.27. The molecule has 0 aromatic carbocycles. The molecule has 0 saturated carbocycles. The van der Waals surface area contributed by atoms with Crippen molar-refractivity contribution in [2.24, 2.45) is 0 Å². The summed E-state index contributed by atoms with van der Waals surface area (Å²) in [4.78, 5) is 25.3. The fourth-order valence-corrected chi connectivity index (χ4v) is 2.86. The summed E-state index contributed by atoms with van der Waals surface area (Å²) < 4.78 is 2.70. The SMILES string of the molecule is CCCn1cc(Br)cc1C(=O)N1CCNCC1C(=O)O. The zero-order chi connectivity index (χ0) is 14.7. The van der Waals surface area contributed by atoms with E-state index in [0.717, 1.165) is 17.4 Å². The molecule has 0 radical (unpaired) electrons. The van der Waals surface area contributed by atoms with Crippen LogP contribution in [0.25, 0.3) is 0 Å². The minimum absolute atomic E-state index is 0.224. The minimum Gasteiger partial charge on any atom is -0.480 e. The van der Waals surface area contributed by atoms with Gasteiger partial charge in [-0.15, -0.1) is 0 Å². The maximum atomic E-state index is 12.6. The third-order valence-electron chi connectivity index (χ3n) is 3.34. The summed E-state index contributed by atoms with van der Waals surface area (Å²) in [7, 11) is 0. The largest absolute Gasteiger partial charge is 0.480 e. The van der Waals surface area contributed by atoms with Crippen molar-refractivity contribution in [3.63, 3.8) is 0 Å². The molecule has 2 rings (SSSR count). The first kappa shape index (κ1) is 15.1. The average molecular weight is 344 g/mol. The molecule has 0 aliphatic carbocycles. The summed E-state index contributed by atoms with van der Waals surface area (Å²) >= 11 is 3.37. The Morgan fingerprint density at radius 1 is 1.55 bits per heavy atom. The lowest BCUT2D eigenvalue weighted by Crippen LogP contribution is -2.57. The monoisotopic (exact) mass is 343 g/mol. The second-order valence-corrected chi connectivity index (χ2v) is 5.71. The summed E-state index contributed by atoms with van der Waals surface area (Å²) in [5.41, 5.74) is 0.534. The minimum atomic E-state index is -0.974. The molecular formula is C13H18BrN3O3. The molecule has 1 aromatic heterocycles. The number of carboxylic acids is 1. The van der Waals surface area contributed by atoms with Crippen LogP contribution in [0.4, 0.5) is 0 Å². The molecule has 7 heteroatoms. The number of hydrogen-bond donors (Lipinski definition) is 2. The number of halogens is 1. The standard InChI is InChI=1S/C13H18BrN3O3/c1-2-4-16-8-9(14)6-10(16)12(18)17-5-3-15-7-11(17)13(19)20/h6,8,11,15H,2-5,7H2,1H3,(H,19,20). The molecule has 1 atom stereocenters. The molecule has 1 saturated heterocycles. The molecule has 110 valence electrons. The molecule has 1 aliphatic rings. The van der Waals surface area contributed by atoms with Crippen molar-refractivity contribution in [1.82, 2.24) is 14.8 Å². The van der Waals surface area contributed by atoms with Crippen LogP contribution in [0.15, 0.2) is 16.7 Å². The average Bonchev–Trinajstić information content (AvgIpc) is 2.79. The van der Waals surface area contributed by atoms with Gasteiger partial charge in [-0.1, -0.05) is 6.92 Å². The molecule has 1 aromatic rings. The summed E-state index contributed by atoms with van der Waals surface area (Å²) in [6.45, 7) is 4.08. The van der Waals surface area contributed by atoms with E-state index < -0.39 is 12.0 Å². The van der Waals surface area contributed by atoms with Gasteiger partial charge in [0.25, 0.3) is 5.91 Å². The number of aliphatic carboxylic acids is 1. The maximum absolute atomic E-state index is 12.6. The highest BCUT2D eigenvalue weighted by molar-refractivity contribution is 9.10.